The van der Waals surface area contributed by atoms with Crippen molar-refractivity contribution in [2.75, 3.05) is 39.3 Å². The summed E-state index contributed by atoms with van der Waals surface area (Å²) < 4.78 is 2.10. The zero-order valence-electron chi connectivity index (χ0n) is 17.6. The van der Waals surface area contributed by atoms with Gasteiger partial charge in [-0.3, -0.25) is 14.5 Å². The summed E-state index contributed by atoms with van der Waals surface area (Å²) in [5.41, 5.74) is 1.87. The van der Waals surface area contributed by atoms with Crippen molar-refractivity contribution in [3.8, 4) is 0 Å². The molecule has 1 atom stereocenters. The Balaban J connectivity index is 1.37. The maximum atomic E-state index is 13.2. The Morgan fingerprint density at radius 2 is 1.79 bits per heavy atom. The maximum Gasteiger partial charge on any atom is 0.270 e. The SMILES string of the molecule is CCn1c(C(=O)N2CCN(CC(=O)N3CCCC[C@H]3C)CC2)cc2ccccc21. The van der Waals surface area contributed by atoms with Gasteiger partial charge in [0, 0.05) is 56.2 Å². The number of hydrogen-bond donors (Lipinski definition) is 0. The Morgan fingerprint density at radius 3 is 2.52 bits per heavy atom. The Labute approximate surface area is 173 Å². The second kappa shape index (κ2) is 8.57. The standard InChI is InChI=1S/C23H32N4O2/c1-3-26-20-10-5-4-9-19(20)16-21(26)23(29)25-14-12-24(13-15-25)17-22(28)27-11-7-6-8-18(27)2/h4-5,9-10,16,18H,3,6-8,11-15,17H2,1-2H3/t18-/m1/s1. The van der Waals surface area contributed by atoms with Crippen molar-refractivity contribution in [3.63, 3.8) is 0 Å². The van der Waals surface area contributed by atoms with Gasteiger partial charge in [-0.2, -0.15) is 0 Å². The van der Waals surface area contributed by atoms with Gasteiger partial charge in [-0.1, -0.05) is 18.2 Å². The summed E-state index contributed by atoms with van der Waals surface area (Å²) in [7, 11) is 0. The van der Waals surface area contributed by atoms with E-state index in [1.165, 1.54) is 6.42 Å². The quantitative estimate of drug-likeness (QED) is 0.799. The number of benzene rings is 1. The van der Waals surface area contributed by atoms with E-state index in [0.29, 0.717) is 25.7 Å². The minimum absolute atomic E-state index is 0.0960. The first-order valence-corrected chi connectivity index (χ1v) is 11.0. The minimum Gasteiger partial charge on any atom is -0.339 e. The van der Waals surface area contributed by atoms with Crippen LogP contribution in [0.5, 0.6) is 0 Å². The number of aromatic nitrogens is 1. The summed E-state index contributed by atoms with van der Waals surface area (Å²) in [6, 6.07) is 10.5. The van der Waals surface area contributed by atoms with Crippen LogP contribution < -0.4 is 0 Å². The molecule has 6 heteroatoms. The van der Waals surface area contributed by atoms with Crippen molar-refractivity contribution in [2.45, 2.75) is 45.7 Å². The average molecular weight is 397 g/mol. The van der Waals surface area contributed by atoms with Gasteiger partial charge in [0.2, 0.25) is 5.91 Å². The monoisotopic (exact) mass is 396 g/mol. The number of aryl methyl sites for hydroxylation is 1. The van der Waals surface area contributed by atoms with Crippen LogP contribution in [-0.4, -0.2) is 76.4 Å². The third-order valence-electron chi connectivity index (χ3n) is 6.49. The molecule has 0 aliphatic carbocycles. The highest BCUT2D eigenvalue weighted by molar-refractivity contribution is 5.98. The molecule has 156 valence electrons. The molecular formula is C23H32N4O2. The number of nitrogens with zero attached hydrogens (tertiary/aromatic N) is 4. The van der Waals surface area contributed by atoms with Crippen molar-refractivity contribution in [1.29, 1.82) is 0 Å². The molecule has 0 N–H and O–H groups in total. The molecule has 1 aromatic carbocycles. The lowest BCUT2D eigenvalue weighted by Gasteiger charge is -2.38. The van der Waals surface area contributed by atoms with Gasteiger partial charge in [-0.05, 0) is 45.2 Å². The number of likely N-dealkylation sites (tertiary alicyclic amines) is 1. The van der Waals surface area contributed by atoms with E-state index >= 15 is 0 Å². The summed E-state index contributed by atoms with van der Waals surface area (Å²) in [6.07, 6.45) is 3.45. The molecule has 6 nitrogen and oxygen atoms in total. The summed E-state index contributed by atoms with van der Waals surface area (Å²) in [5, 5.41) is 1.11. The van der Waals surface area contributed by atoms with E-state index in [1.54, 1.807) is 0 Å². The van der Waals surface area contributed by atoms with Crippen LogP contribution in [0.15, 0.2) is 30.3 Å². The lowest BCUT2D eigenvalue weighted by molar-refractivity contribution is -0.136. The number of carbonyl (C=O) groups is 2. The predicted octanol–water partition coefficient (Wildman–Crippen LogP) is 2.82. The summed E-state index contributed by atoms with van der Waals surface area (Å²) >= 11 is 0. The van der Waals surface area contributed by atoms with Gasteiger partial charge in [-0.25, -0.2) is 0 Å². The largest absolute Gasteiger partial charge is 0.339 e. The molecule has 2 fully saturated rings. The van der Waals surface area contributed by atoms with Gasteiger partial charge in [0.15, 0.2) is 0 Å². The summed E-state index contributed by atoms with van der Waals surface area (Å²) in [5.74, 6) is 0.335. The fourth-order valence-corrected chi connectivity index (χ4v) is 4.75. The molecule has 2 aliphatic rings. The van der Waals surface area contributed by atoms with Crippen LogP contribution in [0.3, 0.4) is 0 Å². The molecule has 29 heavy (non-hydrogen) atoms. The molecule has 4 rings (SSSR count). The van der Waals surface area contributed by atoms with Gasteiger partial charge >= 0.3 is 0 Å². The van der Waals surface area contributed by atoms with Crippen LogP contribution in [0.1, 0.15) is 43.6 Å². The highest BCUT2D eigenvalue weighted by Gasteiger charge is 2.28. The first-order valence-electron chi connectivity index (χ1n) is 11.0. The molecular weight excluding hydrogens is 364 g/mol. The molecule has 2 saturated heterocycles. The van der Waals surface area contributed by atoms with Gasteiger partial charge in [0.05, 0.1) is 6.54 Å². The lowest BCUT2D eigenvalue weighted by Crippen LogP contribution is -2.53. The van der Waals surface area contributed by atoms with Crippen molar-refractivity contribution >= 4 is 22.7 Å². The number of piperazine rings is 1. The van der Waals surface area contributed by atoms with E-state index in [4.69, 9.17) is 0 Å². The third-order valence-corrected chi connectivity index (χ3v) is 6.49. The third kappa shape index (κ3) is 4.04. The Bertz CT molecular complexity index is 882. The van der Waals surface area contributed by atoms with E-state index in [-0.39, 0.29) is 11.8 Å². The normalized spacial score (nSPS) is 21.0. The molecule has 3 heterocycles. The summed E-state index contributed by atoms with van der Waals surface area (Å²) in [6.45, 7) is 9.23. The Hall–Kier alpha value is -2.34. The van der Waals surface area contributed by atoms with Crippen molar-refractivity contribution < 1.29 is 9.59 Å². The topological polar surface area (TPSA) is 48.8 Å². The number of hydrogen-bond acceptors (Lipinski definition) is 3. The second-order valence-electron chi connectivity index (χ2n) is 8.33. The molecule has 1 aromatic heterocycles. The number of para-hydroxylation sites is 1. The Kier molecular flexibility index (Phi) is 5.90. The smallest absolute Gasteiger partial charge is 0.270 e. The van der Waals surface area contributed by atoms with Crippen LogP contribution >= 0.6 is 0 Å². The van der Waals surface area contributed by atoms with Crippen LogP contribution in [0.2, 0.25) is 0 Å². The van der Waals surface area contributed by atoms with Crippen molar-refractivity contribution in [1.82, 2.24) is 19.3 Å². The van der Waals surface area contributed by atoms with Crippen LogP contribution in [0, 0.1) is 0 Å². The van der Waals surface area contributed by atoms with Gasteiger partial charge in [-0.15, -0.1) is 0 Å². The Morgan fingerprint density at radius 1 is 1.03 bits per heavy atom. The van der Waals surface area contributed by atoms with Gasteiger partial charge < -0.3 is 14.4 Å². The van der Waals surface area contributed by atoms with Crippen LogP contribution in [0.25, 0.3) is 10.9 Å². The average Bonchev–Trinajstić information content (AvgIpc) is 3.12. The zero-order chi connectivity index (χ0) is 20.4. The predicted molar refractivity (Wildman–Crippen MR) is 115 cm³/mol. The number of carbonyl (C=O) groups excluding carboxylic acids is 2. The maximum absolute atomic E-state index is 13.2. The zero-order valence-corrected chi connectivity index (χ0v) is 17.6. The van der Waals surface area contributed by atoms with E-state index < -0.39 is 0 Å². The number of fused-ring (bicyclic) bond motifs is 1. The first kappa shape index (κ1) is 20.0. The first-order chi connectivity index (χ1) is 14.1. The molecule has 0 unspecified atom stereocenters. The fourth-order valence-electron chi connectivity index (χ4n) is 4.75. The van der Waals surface area contributed by atoms with Gasteiger partial charge in [0.1, 0.15) is 5.69 Å². The van der Waals surface area contributed by atoms with Crippen LogP contribution in [0.4, 0.5) is 0 Å². The molecule has 0 bridgehead atoms. The van der Waals surface area contributed by atoms with Gasteiger partial charge in [0.25, 0.3) is 5.91 Å². The molecule has 2 amide bonds. The second-order valence-corrected chi connectivity index (χ2v) is 8.33. The minimum atomic E-state index is 0.0960. The lowest BCUT2D eigenvalue weighted by atomic mass is 10.0. The van der Waals surface area contributed by atoms with E-state index in [0.717, 1.165) is 55.6 Å². The number of piperidine rings is 1. The summed E-state index contributed by atoms with van der Waals surface area (Å²) in [4.78, 5) is 32.1. The van der Waals surface area contributed by atoms with E-state index in [9.17, 15) is 9.59 Å². The number of rotatable bonds is 4. The van der Waals surface area contributed by atoms with E-state index in [1.807, 2.05) is 28.0 Å². The molecule has 0 radical (unpaired) electrons. The molecule has 2 aromatic rings. The molecule has 0 spiro atoms. The fraction of sp³-hybridized carbons (Fsp3) is 0.565. The van der Waals surface area contributed by atoms with Crippen molar-refractivity contribution in [3.05, 3.63) is 36.0 Å². The van der Waals surface area contributed by atoms with Crippen LogP contribution in [-0.2, 0) is 11.3 Å². The molecule has 2 aliphatic heterocycles. The number of amides is 2. The van der Waals surface area contributed by atoms with Crippen molar-refractivity contribution in [2.24, 2.45) is 0 Å². The highest BCUT2D eigenvalue weighted by Crippen LogP contribution is 2.22. The molecule has 0 saturated carbocycles. The van der Waals surface area contributed by atoms with E-state index in [2.05, 4.69) is 35.4 Å². The highest BCUT2D eigenvalue weighted by atomic mass is 16.2.